The lowest BCUT2D eigenvalue weighted by atomic mass is 9.82. The van der Waals surface area contributed by atoms with E-state index < -0.39 is 0 Å². The van der Waals surface area contributed by atoms with Gasteiger partial charge in [0.1, 0.15) is 0 Å². The molecule has 0 saturated heterocycles. The normalized spacial score (nSPS) is 16.6. The highest BCUT2D eigenvalue weighted by atomic mass is 15.0. The van der Waals surface area contributed by atoms with Gasteiger partial charge >= 0.3 is 0 Å². The van der Waals surface area contributed by atoms with Gasteiger partial charge in [0, 0.05) is 44.5 Å². The number of fused-ring (bicyclic) bond motifs is 6. The van der Waals surface area contributed by atoms with Gasteiger partial charge in [-0.2, -0.15) is 0 Å². The molecule has 1 atom stereocenters. The summed E-state index contributed by atoms with van der Waals surface area (Å²) in [4.78, 5) is 15.0. The summed E-state index contributed by atoms with van der Waals surface area (Å²) in [6, 6.07) is 50.8. The Morgan fingerprint density at radius 2 is 1.28 bits per heavy atom. The van der Waals surface area contributed by atoms with Crippen molar-refractivity contribution in [1.29, 1.82) is 0 Å². The summed E-state index contributed by atoms with van der Waals surface area (Å²) < 4.78 is 2.44. The molecule has 0 spiro atoms. The fourth-order valence-corrected chi connectivity index (χ4v) is 9.57. The Hall–Kier alpha value is -6.91. The fraction of sp³-hybridized carbons (Fsp3) is 0.130. The summed E-state index contributed by atoms with van der Waals surface area (Å²) in [5, 5.41) is 2.56. The summed E-state index contributed by atoms with van der Waals surface area (Å²) in [6.45, 7) is 4.71. The van der Waals surface area contributed by atoms with Crippen LogP contribution in [-0.2, 0) is 5.41 Å². The van der Waals surface area contributed by atoms with Crippen molar-refractivity contribution in [2.24, 2.45) is 0 Å². The second-order valence-corrected chi connectivity index (χ2v) is 16.2. The van der Waals surface area contributed by atoms with Crippen LogP contribution in [0.3, 0.4) is 0 Å². The predicted octanol–water partition coefficient (Wildman–Crippen LogP) is 13.5. The van der Waals surface area contributed by atoms with E-state index in [4.69, 9.17) is 15.0 Å². The van der Waals surface area contributed by atoms with Crippen molar-refractivity contribution in [2.75, 3.05) is 0 Å². The number of nitrogens with zero attached hydrogens (tertiary/aromatic N) is 4. The van der Waals surface area contributed by atoms with E-state index in [9.17, 15) is 0 Å². The molecule has 0 amide bonds. The van der Waals surface area contributed by atoms with E-state index in [-0.39, 0.29) is 11.3 Å². The minimum atomic E-state index is -0.0571. The summed E-state index contributed by atoms with van der Waals surface area (Å²) in [7, 11) is 0. The molecule has 0 N–H and O–H groups in total. The lowest BCUT2D eigenvalue weighted by Gasteiger charge is -2.21. The third-order valence-corrected chi connectivity index (χ3v) is 12.4. The number of benzene rings is 6. The first kappa shape index (κ1) is 34.3. The summed E-state index contributed by atoms with van der Waals surface area (Å²) in [6.07, 6.45) is 16.3. The van der Waals surface area contributed by atoms with Gasteiger partial charge in [0.2, 0.25) is 0 Å². The monoisotopic (exact) mass is 746 g/mol. The molecule has 0 radical (unpaired) electrons. The van der Waals surface area contributed by atoms with Crippen molar-refractivity contribution in [1.82, 2.24) is 19.5 Å². The average Bonchev–Trinajstić information content (AvgIpc) is 3.75. The number of hydrogen-bond donors (Lipinski definition) is 0. The van der Waals surface area contributed by atoms with Crippen LogP contribution in [0.2, 0.25) is 0 Å². The van der Waals surface area contributed by atoms with Crippen LogP contribution in [0.4, 0.5) is 0 Å². The molecule has 8 aromatic rings. The zero-order valence-corrected chi connectivity index (χ0v) is 32.7. The predicted molar refractivity (Wildman–Crippen MR) is 240 cm³/mol. The van der Waals surface area contributed by atoms with Gasteiger partial charge in [0.15, 0.2) is 17.5 Å². The Bertz CT molecular complexity index is 3050. The van der Waals surface area contributed by atoms with E-state index in [1.54, 1.807) is 0 Å². The molecule has 58 heavy (non-hydrogen) atoms. The summed E-state index contributed by atoms with van der Waals surface area (Å²) >= 11 is 0. The van der Waals surface area contributed by atoms with E-state index in [1.807, 2.05) is 18.2 Å². The maximum absolute atomic E-state index is 5.05. The van der Waals surface area contributed by atoms with Crippen LogP contribution < -0.4 is 0 Å². The Morgan fingerprint density at radius 3 is 2.05 bits per heavy atom. The molecule has 6 aromatic carbocycles. The molecule has 4 heteroatoms. The van der Waals surface area contributed by atoms with Crippen LogP contribution in [0.5, 0.6) is 0 Å². The molecule has 3 aliphatic carbocycles. The maximum atomic E-state index is 5.05. The minimum absolute atomic E-state index is 0.0571. The fourth-order valence-electron chi connectivity index (χ4n) is 9.57. The van der Waals surface area contributed by atoms with Crippen LogP contribution >= 0.6 is 0 Å². The topological polar surface area (TPSA) is 43.6 Å². The standard InChI is InChI=1S/C54H42N4/c1-54(2)45-25-13-12-22-43(45)49-42(23-14-26-46(49)54)39-32-33-47-44(34-39)50-41(24-15-27-48(50)58(47)40-20-10-5-11-21-40)35-28-30-38(31-29-35)53-56-51(36-16-6-3-7-17-36)55-52(57-53)37-18-8-4-9-19-37/h3,5-8,10-28,30-35H,4,9,29H2,1-2H3. The van der Waals surface area contributed by atoms with Crippen LogP contribution in [-0.4, -0.2) is 19.5 Å². The molecular formula is C54H42N4. The first-order chi connectivity index (χ1) is 28.5. The van der Waals surface area contributed by atoms with Crippen molar-refractivity contribution in [3.8, 4) is 39.3 Å². The van der Waals surface area contributed by atoms with E-state index in [2.05, 4.69) is 176 Å². The minimum Gasteiger partial charge on any atom is -0.309 e. The van der Waals surface area contributed by atoms with Crippen LogP contribution in [0.1, 0.15) is 67.4 Å². The number of allylic oxidation sites excluding steroid dienone is 8. The van der Waals surface area contributed by atoms with Crippen molar-refractivity contribution >= 4 is 33.0 Å². The number of hydrogen-bond acceptors (Lipinski definition) is 3. The summed E-state index contributed by atoms with van der Waals surface area (Å²) in [5.41, 5.74) is 15.9. The van der Waals surface area contributed by atoms with Crippen molar-refractivity contribution < 1.29 is 0 Å². The highest BCUT2D eigenvalue weighted by molar-refractivity contribution is 6.13. The second-order valence-electron chi connectivity index (χ2n) is 16.2. The van der Waals surface area contributed by atoms with Crippen LogP contribution in [0, 0.1) is 0 Å². The average molecular weight is 747 g/mol. The van der Waals surface area contributed by atoms with Gasteiger partial charge in [0.05, 0.1) is 11.0 Å². The van der Waals surface area contributed by atoms with Gasteiger partial charge in [-0.1, -0.05) is 159 Å². The molecule has 3 aliphatic rings. The van der Waals surface area contributed by atoms with Gasteiger partial charge in [0.25, 0.3) is 0 Å². The van der Waals surface area contributed by atoms with Crippen molar-refractivity contribution in [3.63, 3.8) is 0 Å². The molecule has 2 heterocycles. The number of para-hydroxylation sites is 1. The lowest BCUT2D eigenvalue weighted by molar-refractivity contribution is 0.660. The van der Waals surface area contributed by atoms with Crippen molar-refractivity contribution in [2.45, 2.75) is 44.4 Å². The number of rotatable bonds is 6. The molecule has 4 nitrogen and oxygen atoms in total. The van der Waals surface area contributed by atoms with E-state index >= 15 is 0 Å². The van der Waals surface area contributed by atoms with Gasteiger partial charge in [-0.3, -0.25) is 0 Å². The Morgan fingerprint density at radius 1 is 0.569 bits per heavy atom. The SMILES string of the molecule is CC1(C)c2ccccc2-c2c(-c3ccc4c(c3)c3c(C5C=CC(c6nc(C7=CCCC=C7)nc(-c7ccccc7)n6)=CC5)cccc3n4-c3ccccc3)cccc21. The highest BCUT2D eigenvalue weighted by Gasteiger charge is 2.36. The molecule has 2 aromatic heterocycles. The third-order valence-electron chi connectivity index (χ3n) is 12.4. The maximum Gasteiger partial charge on any atom is 0.164 e. The van der Waals surface area contributed by atoms with E-state index in [0.29, 0.717) is 11.6 Å². The number of aromatic nitrogens is 4. The highest BCUT2D eigenvalue weighted by Crippen LogP contribution is 2.52. The molecule has 0 saturated carbocycles. The molecular weight excluding hydrogens is 705 g/mol. The Labute approximate surface area is 339 Å². The first-order valence-corrected chi connectivity index (χ1v) is 20.5. The van der Waals surface area contributed by atoms with Gasteiger partial charge < -0.3 is 4.57 Å². The zero-order valence-electron chi connectivity index (χ0n) is 32.7. The third kappa shape index (κ3) is 5.54. The largest absolute Gasteiger partial charge is 0.309 e. The zero-order chi connectivity index (χ0) is 38.8. The second kappa shape index (κ2) is 13.6. The molecule has 0 fully saturated rings. The van der Waals surface area contributed by atoms with E-state index in [0.717, 1.165) is 47.5 Å². The van der Waals surface area contributed by atoms with Gasteiger partial charge in [-0.05, 0) is 88.5 Å². The molecule has 11 rings (SSSR count). The quantitative estimate of drug-likeness (QED) is 0.170. The molecule has 0 aliphatic heterocycles. The Kier molecular flexibility index (Phi) is 8.07. The van der Waals surface area contributed by atoms with Gasteiger partial charge in [-0.25, -0.2) is 15.0 Å². The van der Waals surface area contributed by atoms with Gasteiger partial charge in [-0.15, -0.1) is 0 Å². The lowest BCUT2D eigenvalue weighted by Crippen LogP contribution is -2.14. The molecule has 1 unspecified atom stereocenters. The summed E-state index contributed by atoms with van der Waals surface area (Å²) in [5.74, 6) is 2.31. The Balaban J connectivity index is 1.04. The van der Waals surface area contributed by atoms with Crippen molar-refractivity contribution in [3.05, 3.63) is 204 Å². The van der Waals surface area contributed by atoms with Crippen LogP contribution in [0.25, 0.3) is 72.3 Å². The first-order valence-electron chi connectivity index (χ1n) is 20.5. The molecule has 0 bridgehead atoms. The smallest absolute Gasteiger partial charge is 0.164 e. The van der Waals surface area contributed by atoms with E-state index in [1.165, 1.54) is 60.8 Å². The molecule has 278 valence electrons. The van der Waals surface area contributed by atoms with Crippen LogP contribution in [0.15, 0.2) is 176 Å².